The molecule has 0 saturated carbocycles. The highest BCUT2D eigenvalue weighted by Gasteiger charge is 2.33. The molecule has 3 aromatic carbocycles. The molecule has 0 amide bonds. The van der Waals surface area contributed by atoms with Gasteiger partial charge >= 0.3 is 5.97 Å². The number of fused-ring (bicyclic) bond motifs is 2. The molecule has 3 heterocycles. The van der Waals surface area contributed by atoms with Gasteiger partial charge in [0.15, 0.2) is 27.8 Å². The molecule has 1 aromatic heterocycles. The summed E-state index contributed by atoms with van der Waals surface area (Å²) in [4.78, 5) is 32.3. The van der Waals surface area contributed by atoms with Crippen LogP contribution in [0.15, 0.2) is 94.4 Å². The van der Waals surface area contributed by atoms with E-state index in [2.05, 4.69) is 11.6 Å². The number of rotatable bonds is 11. The van der Waals surface area contributed by atoms with Crippen molar-refractivity contribution < 1.29 is 33.2 Å². The Labute approximate surface area is 269 Å². The second kappa shape index (κ2) is 13.4. The van der Waals surface area contributed by atoms with E-state index in [0.29, 0.717) is 62.6 Å². The van der Waals surface area contributed by atoms with E-state index in [1.807, 2.05) is 42.5 Å². The summed E-state index contributed by atoms with van der Waals surface area (Å²) >= 11 is 1.25. The number of ether oxygens (including phenoxy) is 6. The van der Waals surface area contributed by atoms with Crippen LogP contribution in [0.5, 0.6) is 28.7 Å². The zero-order chi connectivity index (χ0) is 32.2. The van der Waals surface area contributed by atoms with Gasteiger partial charge in [0.2, 0.25) is 6.79 Å². The van der Waals surface area contributed by atoms with Crippen LogP contribution >= 0.6 is 11.3 Å². The van der Waals surface area contributed by atoms with Gasteiger partial charge in [0, 0.05) is 0 Å². The lowest BCUT2D eigenvalue weighted by Crippen LogP contribution is -2.39. The number of benzene rings is 3. The highest BCUT2D eigenvalue weighted by molar-refractivity contribution is 7.07. The van der Waals surface area contributed by atoms with Crippen LogP contribution in [-0.4, -0.2) is 37.7 Å². The Morgan fingerprint density at radius 3 is 2.63 bits per heavy atom. The van der Waals surface area contributed by atoms with Crippen LogP contribution in [-0.2, 0) is 16.1 Å². The topological polar surface area (TPSA) is 107 Å². The number of carbonyl (C=O) groups is 1. The molecule has 236 valence electrons. The van der Waals surface area contributed by atoms with Crippen molar-refractivity contribution in [3.8, 4) is 28.7 Å². The minimum Gasteiger partial charge on any atom is -0.493 e. The molecule has 1 atom stereocenters. The second-order valence-corrected chi connectivity index (χ2v) is 11.4. The third-order valence-electron chi connectivity index (χ3n) is 7.40. The molecule has 0 spiro atoms. The maximum Gasteiger partial charge on any atom is 0.338 e. The van der Waals surface area contributed by atoms with Crippen molar-refractivity contribution in [1.82, 2.24) is 4.57 Å². The molecule has 2 aliphatic heterocycles. The predicted molar refractivity (Wildman–Crippen MR) is 172 cm³/mol. The van der Waals surface area contributed by atoms with Gasteiger partial charge in [-0.25, -0.2) is 9.79 Å². The van der Waals surface area contributed by atoms with Crippen LogP contribution < -0.4 is 38.6 Å². The molecular weight excluding hydrogens is 608 g/mol. The fourth-order valence-corrected chi connectivity index (χ4v) is 6.29. The Balaban J connectivity index is 1.33. The van der Waals surface area contributed by atoms with Crippen molar-refractivity contribution in [2.75, 3.05) is 27.1 Å². The zero-order valence-corrected chi connectivity index (χ0v) is 26.4. The second-order valence-electron chi connectivity index (χ2n) is 10.4. The van der Waals surface area contributed by atoms with E-state index in [1.54, 1.807) is 55.9 Å². The molecule has 0 unspecified atom stereocenters. The van der Waals surface area contributed by atoms with Crippen LogP contribution in [0.1, 0.15) is 36.6 Å². The number of carbonyl (C=O) groups excluding carboxylic acids is 1. The number of methoxy groups -OCH3 is 1. The number of hydrogen-bond donors (Lipinski definition) is 0. The largest absolute Gasteiger partial charge is 0.493 e. The molecule has 0 saturated heterocycles. The Morgan fingerprint density at radius 1 is 1.07 bits per heavy atom. The third kappa shape index (κ3) is 6.14. The first kappa shape index (κ1) is 30.7. The maximum atomic E-state index is 14.0. The monoisotopic (exact) mass is 640 g/mol. The van der Waals surface area contributed by atoms with Crippen LogP contribution in [0.4, 0.5) is 0 Å². The third-order valence-corrected chi connectivity index (χ3v) is 8.38. The minimum absolute atomic E-state index is 0.194. The van der Waals surface area contributed by atoms with E-state index in [-0.39, 0.29) is 19.0 Å². The van der Waals surface area contributed by atoms with Crippen molar-refractivity contribution in [3.05, 3.63) is 121 Å². The molecule has 2 aliphatic rings. The fourth-order valence-electron chi connectivity index (χ4n) is 5.24. The van der Waals surface area contributed by atoms with Crippen LogP contribution in [0.2, 0.25) is 0 Å². The molecule has 4 aromatic rings. The number of hydrogen-bond acceptors (Lipinski definition) is 10. The molecule has 0 N–H and O–H groups in total. The highest BCUT2D eigenvalue weighted by atomic mass is 32.1. The average molecular weight is 641 g/mol. The van der Waals surface area contributed by atoms with Gasteiger partial charge in [-0.15, -0.1) is 0 Å². The van der Waals surface area contributed by atoms with Crippen molar-refractivity contribution in [2.45, 2.75) is 26.5 Å². The summed E-state index contributed by atoms with van der Waals surface area (Å²) in [6, 6.07) is 17.7. The van der Waals surface area contributed by atoms with E-state index >= 15 is 0 Å². The van der Waals surface area contributed by atoms with Gasteiger partial charge in [-0.2, -0.15) is 0 Å². The van der Waals surface area contributed by atoms with Crippen LogP contribution in [0, 0.1) is 0 Å². The average Bonchev–Trinajstić information content (AvgIpc) is 3.66. The Morgan fingerprint density at radius 2 is 1.87 bits per heavy atom. The van der Waals surface area contributed by atoms with Gasteiger partial charge in [0.1, 0.15) is 19.0 Å². The molecule has 0 fully saturated rings. The SMILES string of the molecule is C=CCOc1ccc([C@H]2C(C(=O)OCC)=C(C)N=c3s/c(=C\c4ccc(OCc5ccc6c(c5)OCO6)c(OC)c4)c(=O)n32)cc1. The Kier molecular flexibility index (Phi) is 8.93. The number of thiazole rings is 1. The number of esters is 1. The molecule has 11 heteroatoms. The van der Waals surface area contributed by atoms with Crippen molar-refractivity contribution in [2.24, 2.45) is 4.99 Å². The lowest BCUT2D eigenvalue weighted by atomic mass is 9.96. The summed E-state index contributed by atoms with van der Waals surface area (Å²) in [7, 11) is 1.56. The first-order chi connectivity index (χ1) is 22.4. The molecule has 10 nitrogen and oxygen atoms in total. The van der Waals surface area contributed by atoms with Gasteiger partial charge < -0.3 is 28.4 Å². The summed E-state index contributed by atoms with van der Waals surface area (Å²) < 4.78 is 35.5. The molecule has 0 radical (unpaired) electrons. The van der Waals surface area contributed by atoms with E-state index < -0.39 is 12.0 Å². The molecule has 46 heavy (non-hydrogen) atoms. The summed E-state index contributed by atoms with van der Waals surface area (Å²) in [5, 5.41) is 0. The quantitative estimate of drug-likeness (QED) is 0.172. The number of nitrogens with zero attached hydrogens (tertiary/aromatic N) is 2. The molecule has 6 rings (SSSR count). The van der Waals surface area contributed by atoms with E-state index in [9.17, 15) is 9.59 Å². The zero-order valence-electron chi connectivity index (χ0n) is 25.6. The smallest absolute Gasteiger partial charge is 0.338 e. The standard InChI is InChI=1S/C35H32N2O8S/c1-5-15-42-25-11-9-24(10-12-25)32-31(34(39)41-6-2)21(3)36-35-37(32)33(38)30(46-35)18-22-7-13-26(28(16-22)40-4)43-19-23-8-14-27-29(17-23)45-20-44-27/h5,7-14,16-18,32H,1,6,15,19-20H2,2-4H3/b30-18-/t32-/m0/s1. The van der Waals surface area contributed by atoms with E-state index in [1.165, 1.54) is 11.3 Å². The summed E-state index contributed by atoms with van der Waals surface area (Å²) in [5.41, 5.74) is 2.90. The lowest BCUT2D eigenvalue weighted by molar-refractivity contribution is -0.139. The maximum absolute atomic E-state index is 14.0. The highest BCUT2D eigenvalue weighted by Crippen LogP contribution is 2.35. The van der Waals surface area contributed by atoms with Crippen LogP contribution in [0.25, 0.3) is 6.08 Å². The first-order valence-electron chi connectivity index (χ1n) is 14.6. The lowest BCUT2D eigenvalue weighted by Gasteiger charge is -2.24. The Bertz CT molecular complexity index is 2010. The fraction of sp³-hybridized carbons (Fsp3) is 0.229. The van der Waals surface area contributed by atoms with Gasteiger partial charge in [-0.1, -0.05) is 48.3 Å². The molecule has 0 aliphatic carbocycles. The van der Waals surface area contributed by atoms with E-state index in [4.69, 9.17) is 28.4 Å². The first-order valence-corrected chi connectivity index (χ1v) is 15.4. The summed E-state index contributed by atoms with van der Waals surface area (Å²) in [5.74, 6) is 2.59. The summed E-state index contributed by atoms with van der Waals surface area (Å²) in [6.45, 7) is 8.24. The molecule has 0 bridgehead atoms. The van der Waals surface area contributed by atoms with Gasteiger partial charge in [-0.3, -0.25) is 9.36 Å². The normalized spacial score (nSPS) is 15.2. The van der Waals surface area contributed by atoms with Gasteiger partial charge in [0.05, 0.1) is 35.6 Å². The van der Waals surface area contributed by atoms with E-state index in [0.717, 1.165) is 16.7 Å². The van der Waals surface area contributed by atoms with Crippen molar-refractivity contribution >= 4 is 23.4 Å². The summed E-state index contributed by atoms with van der Waals surface area (Å²) in [6.07, 6.45) is 3.44. The minimum atomic E-state index is -0.729. The van der Waals surface area contributed by atoms with Gasteiger partial charge in [-0.05, 0) is 73.0 Å². The van der Waals surface area contributed by atoms with Crippen molar-refractivity contribution in [1.29, 1.82) is 0 Å². The Hall–Kier alpha value is -5.29. The molecular formula is C35H32N2O8S. The van der Waals surface area contributed by atoms with Gasteiger partial charge in [0.25, 0.3) is 5.56 Å². The number of aromatic nitrogens is 1. The predicted octanol–water partition coefficient (Wildman–Crippen LogP) is 4.68. The number of allylic oxidation sites excluding steroid dienone is 1. The van der Waals surface area contributed by atoms with Crippen LogP contribution in [0.3, 0.4) is 0 Å². The van der Waals surface area contributed by atoms with Crippen molar-refractivity contribution in [3.63, 3.8) is 0 Å².